The summed E-state index contributed by atoms with van der Waals surface area (Å²) in [5, 5.41) is 0. The summed E-state index contributed by atoms with van der Waals surface area (Å²) in [5.74, 6) is 0.0260. The molecule has 0 bridgehead atoms. The van der Waals surface area contributed by atoms with Gasteiger partial charge in [-0.05, 0) is 30.7 Å². The zero-order chi connectivity index (χ0) is 13.1. The summed E-state index contributed by atoms with van der Waals surface area (Å²) in [4.78, 5) is 4.08. The smallest absolute Gasteiger partial charge is 0.219 e. The molecule has 0 fully saturated rings. The number of nitrogens with two attached hydrogens (primary N) is 1. The third-order valence-electron chi connectivity index (χ3n) is 2.39. The number of aromatic nitrogens is 1. The van der Waals surface area contributed by atoms with Crippen LogP contribution in [0, 0.1) is 5.82 Å². The Bertz CT molecular complexity index is 543. The molecule has 2 aromatic rings. The van der Waals surface area contributed by atoms with Crippen LogP contribution in [-0.4, -0.2) is 4.98 Å². The molecule has 18 heavy (non-hydrogen) atoms. The number of ether oxygens (including phenoxy) is 1. The van der Waals surface area contributed by atoms with Crippen molar-refractivity contribution in [3.8, 4) is 11.6 Å². The summed E-state index contributed by atoms with van der Waals surface area (Å²) in [5.41, 5.74) is 6.61. The first-order chi connectivity index (χ1) is 8.56. The van der Waals surface area contributed by atoms with Gasteiger partial charge < -0.3 is 10.5 Å². The molecule has 1 unspecified atom stereocenters. The molecule has 5 heteroatoms. The standard InChI is InChI=1S/C13H12BrFN2O/c1-8(16)9-2-5-13(17-7-9)18-12-6-10(14)3-4-11(12)15/h2-8H,16H2,1H3. The SMILES string of the molecule is CC(N)c1ccc(Oc2cc(Br)ccc2F)nc1. The first-order valence-electron chi connectivity index (χ1n) is 5.40. The molecule has 1 aromatic carbocycles. The average molecular weight is 311 g/mol. The predicted molar refractivity (Wildman–Crippen MR) is 71.0 cm³/mol. The van der Waals surface area contributed by atoms with Crippen molar-refractivity contribution in [1.29, 1.82) is 0 Å². The van der Waals surface area contributed by atoms with Gasteiger partial charge in [-0.25, -0.2) is 9.37 Å². The van der Waals surface area contributed by atoms with E-state index in [1.807, 2.05) is 13.0 Å². The number of halogens is 2. The number of hydrogen-bond acceptors (Lipinski definition) is 3. The van der Waals surface area contributed by atoms with Crippen molar-refractivity contribution in [2.45, 2.75) is 13.0 Å². The van der Waals surface area contributed by atoms with Gasteiger partial charge in [-0.15, -0.1) is 0 Å². The van der Waals surface area contributed by atoms with E-state index in [-0.39, 0.29) is 11.8 Å². The second-order valence-electron chi connectivity index (χ2n) is 3.90. The van der Waals surface area contributed by atoms with Gasteiger partial charge >= 0.3 is 0 Å². The van der Waals surface area contributed by atoms with Crippen LogP contribution in [0.1, 0.15) is 18.5 Å². The Morgan fingerprint density at radius 1 is 1.33 bits per heavy atom. The molecular weight excluding hydrogens is 299 g/mol. The Kier molecular flexibility index (Phi) is 3.93. The van der Waals surface area contributed by atoms with Crippen LogP contribution >= 0.6 is 15.9 Å². The Balaban J connectivity index is 2.21. The Labute approximate surface area is 113 Å². The van der Waals surface area contributed by atoms with Crippen molar-refractivity contribution >= 4 is 15.9 Å². The number of pyridine rings is 1. The number of benzene rings is 1. The van der Waals surface area contributed by atoms with Crippen LogP contribution in [0.2, 0.25) is 0 Å². The summed E-state index contributed by atoms with van der Waals surface area (Å²) in [7, 11) is 0. The highest BCUT2D eigenvalue weighted by molar-refractivity contribution is 9.10. The van der Waals surface area contributed by atoms with E-state index in [1.54, 1.807) is 24.4 Å². The minimum Gasteiger partial charge on any atom is -0.436 e. The maximum absolute atomic E-state index is 13.5. The van der Waals surface area contributed by atoms with Crippen LogP contribution in [0.3, 0.4) is 0 Å². The second-order valence-corrected chi connectivity index (χ2v) is 4.81. The fourth-order valence-corrected chi connectivity index (χ4v) is 1.73. The van der Waals surface area contributed by atoms with Crippen molar-refractivity contribution in [3.63, 3.8) is 0 Å². The van der Waals surface area contributed by atoms with Gasteiger partial charge in [0.15, 0.2) is 11.6 Å². The molecule has 2 N–H and O–H groups in total. The highest BCUT2D eigenvalue weighted by Gasteiger charge is 2.07. The maximum Gasteiger partial charge on any atom is 0.219 e. The lowest BCUT2D eigenvalue weighted by Gasteiger charge is -2.08. The topological polar surface area (TPSA) is 48.1 Å². The van der Waals surface area contributed by atoms with Crippen molar-refractivity contribution in [1.82, 2.24) is 4.98 Å². The monoisotopic (exact) mass is 310 g/mol. The molecule has 0 spiro atoms. The van der Waals surface area contributed by atoms with Crippen molar-refractivity contribution in [2.24, 2.45) is 5.73 Å². The van der Waals surface area contributed by atoms with E-state index >= 15 is 0 Å². The first-order valence-corrected chi connectivity index (χ1v) is 6.20. The van der Waals surface area contributed by atoms with E-state index in [1.165, 1.54) is 6.07 Å². The van der Waals surface area contributed by atoms with Crippen LogP contribution in [0.4, 0.5) is 4.39 Å². The lowest BCUT2D eigenvalue weighted by atomic mass is 10.2. The molecule has 0 aliphatic rings. The fraction of sp³-hybridized carbons (Fsp3) is 0.154. The lowest BCUT2D eigenvalue weighted by Crippen LogP contribution is -2.05. The Morgan fingerprint density at radius 3 is 2.72 bits per heavy atom. The summed E-state index contributed by atoms with van der Waals surface area (Å²) < 4.78 is 19.6. The third kappa shape index (κ3) is 3.05. The fourth-order valence-electron chi connectivity index (χ4n) is 1.39. The van der Waals surface area contributed by atoms with Crippen molar-refractivity contribution < 1.29 is 9.13 Å². The van der Waals surface area contributed by atoms with E-state index in [4.69, 9.17) is 10.5 Å². The molecule has 94 valence electrons. The number of nitrogens with zero attached hydrogens (tertiary/aromatic N) is 1. The van der Waals surface area contributed by atoms with Crippen LogP contribution in [0.15, 0.2) is 41.0 Å². The number of hydrogen-bond donors (Lipinski definition) is 1. The van der Waals surface area contributed by atoms with Crippen molar-refractivity contribution in [2.75, 3.05) is 0 Å². The van der Waals surface area contributed by atoms with Gasteiger partial charge in [0, 0.05) is 22.8 Å². The van der Waals surface area contributed by atoms with E-state index in [0.29, 0.717) is 5.88 Å². The van der Waals surface area contributed by atoms with Gasteiger partial charge in [0.25, 0.3) is 0 Å². The van der Waals surface area contributed by atoms with Gasteiger partial charge in [-0.3, -0.25) is 0 Å². The first kappa shape index (κ1) is 13.0. The van der Waals surface area contributed by atoms with E-state index in [0.717, 1.165) is 10.0 Å². The lowest BCUT2D eigenvalue weighted by molar-refractivity contribution is 0.426. The third-order valence-corrected chi connectivity index (χ3v) is 2.89. The zero-order valence-electron chi connectivity index (χ0n) is 9.73. The molecule has 1 aromatic heterocycles. The van der Waals surface area contributed by atoms with E-state index < -0.39 is 5.82 Å². The Hall–Kier alpha value is -1.46. The second kappa shape index (κ2) is 5.46. The van der Waals surface area contributed by atoms with E-state index in [9.17, 15) is 4.39 Å². The zero-order valence-corrected chi connectivity index (χ0v) is 11.3. The predicted octanol–water partition coefficient (Wildman–Crippen LogP) is 3.80. The maximum atomic E-state index is 13.5. The van der Waals surface area contributed by atoms with Crippen LogP contribution in [0.25, 0.3) is 0 Å². The van der Waals surface area contributed by atoms with Gasteiger partial charge in [-0.1, -0.05) is 22.0 Å². The summed E-state index contributed by atoms with van der Waals surface area (Å²) >= 11 is 3.26. The van der Waals surface area contributed by atoms with Crippen LogP contribution in [0.5, 0.6) is 11.6 Å². The molecule has 0 aliphatic carbocycles. The van der Waals surface area contributed by atoms with Crippen LogP contribution in [-0.2, 0) is 0 Å². The molecule has 0 aliphatic heterocycles. The summed E-state index contributed by atoms with van der Waals surface area (Å²) in [6.45, 7) is 1.87. The molecule has 0 saturated heterocycles. The minimum absolute atomic E-state index is 0.0887. The minimum atomic E-state index is -0.434. The molecule has 0 amide bonds. The summed E-state index contributed by atoms with van der Waals surface area (Å²) in [6.07, 6.45) is 1.62. The molecule has 1 heterocycles. The molecule has 2 rings (SSSR count). The largest absolute Gasteiger partial charge is 0.436 e. The summed E-state index contributed by atoms with van der Waals surface area (Å²) in [6, 6.07) is 7.87. The van der Waals surface area contributed by atoms with Gasteiger partial charge in [-0.2, -0.15) is 0 Å². The van der Waals surface area contributed by atoms with Gasteiger partial charge in [0.1, 0.15) is 0 Å². The highest BCUT2D eigenvalue weighted by Crippen LogP contribution is 2.26. The Morgan fingerprint density at radius 2 is 2.11 bits per heavy atom. The van der Waals surface area contributed by atoms with Crippen molar-refractivity contribution in [3.05, 3.63) is 52.4 Å². The molecular formula is C13H12BrFN2O. The van der Waals surface area contributed by atoms with E-state index in [2.05, 4.69) is 20.9 Å². The molecule has 1 atom stereocenters. The van der Waals surface area contributed by atoms with Gasteiger partial charge in [0.2, 0.25) is 5.88 Å². The average Bonchev–Trinajstić information content (AvgIpc) is 2.34. The normalized spacial score (nSPS) is 12.2. The number of rotatable bonds is 3. The van der Waals surface area contributed by atoms with Crippen LogP contribution < -0.4 is 10.5 Å². The molecule has 3 nitrogen and oxygen atoms in total. The van der Waals surface area contributed by atoms with Gasteiger partial charge in [0.05, 0.1) is 0 Å². The quantitative estimate of drug-likeness (QED) is 0.938. The molecule has 0 radical (unpaired) electrons. The molecule has 0 saturated carbocycles. The highest BCUT2D eigenvalue weighted by atomic mass is 79.9.